The lowest BCUT2D eigenvalue weighted by Crippen LogP contribution is -2.10. The van der Waals surface area contributed by atoms with Crippen molar-refractivity contribution >= 4 is 82.6 Å². The van der Waals surface area contributed by atoms with Crippen LogP contribution < -0.4 is 4.90 Å². The van der Waals surface area contributed by atoms with Gasteiger partial charge in [0.25, 0.3) is 0 Å². The summed E-state index contributed by atoms with van der Waals surface area (Å²) in [4.78, 5) is 2.25. The standard InChI is InChI=1S/C48H29F2N3O/c49-30-16-20-32(21-17-30)52-42-12-4-1-8-36(42)38-26-24-34(28-45(38)52)51(44-14-7-11-41-40-10-3-6-15-47(40)54-48(41)44)35-25-27-39-37-9-2-5-13-43(37)53(46(39)29-35)33-22-18-31(50)19-23-33/h1-29H. The number of furan rings is 1. The predicted octanol–water partition coefficient (Wildman–Crippen LogP) is 13.5. The average molecular weight is 702 g/mol. The molecule has 54 heavy (non-hydrogen) atoms. The van der Waals surface area contributed by atoms with Crippen molar-refractivity contribution in [2.45, 2.75) is 0 Å². The minimum atomic E-state index is -0.279. The van der Waals surface area contributed by atoms with Crippen molar-refractivity contribution in [3.8, 4) is 11.4 Å². The Kier molecular flexibility index (Phi) is 6.58. The minimum absolute atomic E-state index is 0.279. The van der Waals surface area contributed by atoms with Gasteiger partial charge in [-0.25, -0.2) is 8.78 Å². The second-order valence-corrected chi connectivity index (χ2v) is 13.6. The molecule has 11 rings (SSSR count). The zero-order chi connectivity index (χ0) is 35.9. The largest absolute Gasteiger partial charge is 0.454 e. The van der Waals surface area contributed by atoms with E-state index in [0.717, 1.165) is 94.0 Å². The number of fused-ring (bicyclic) bond motifs is 9. The Morgan fingerprint density at radius 2 is 0.852 bits per heavy atom. The molecule has 256 valence electrons. The average Bonchev–Trinajstić information content (AvgIpc) is 3.87. The molecule has 0 radical (unpaired) electrons. The van der Waals surface area contributed by atoms with Gasteiger partial charge in [0.15, 0.2) is 5.58 Å². The van der Waals surface area contributed by atoms with Gasteiger partial charge in [-0.15, -0.1) is 0 Å². The third kappa shape index (κ3) is 4.53. The van der Waals surface area contributed by atoms with Crippen LogP contribution in [0.25, 0.3) is 76.9 Å². The van der Waals surface area contributed by atoms with Crippen molar-refractivity contribution in [1.82, 2.24) is 9.13 Å². The van der Waals surface area contributed by atoms with E-state index in [1.165, 1.54) is 24.3 Å². The van der Waals surface area contributed by atoms with Crippen molar-refractivity contribution in [2.75, 3.05) is 4.90 Å². The highest BCUT2D eigenvalue weighted by atomic mass is 19.1. The first-order chi connectivity index (χ1) is 26.6. The van der Waals surface area contributed by atoms with Gasteiger partial charge in [-0.2, -0.15) is 0 Å². The summed E-state index contributed by atoms with van der Waals surface area (Å²) in [6.07, 6.45) is 0. The molecule has 8 aromatic carbocycles. The summed E-state index contributed by atoms with van der Waals surface area (Å²) in [7, 11) is 0. The van der Waals surface area contributed by atoms with E-state index in [-0.39, 0.29) is 11.6 Å². The van der Waals surface area contributed by atoms with Crippen LogP contribution in [0.1, 0.15) is 0 Å². The lowest BCUT2D eigenvalue weighted by Gasteiger charge is -2.26. The lowest BCUT2D eigenvalue weighted by molar-refractivity contribution is 0.627. The van der Waals surface area contributed by atoms with Crippen LogP contribution in [0.15, 0.2) is 180 Å². The number of hydrogen-bond acceptors (Lipinski definition) is 2. The van der Waals surface area contributed by atoms with Gasteiger partial charge in [0.05, 0.1) is 27.8 Å². The van der Waals surface area contributed by atoms with E-state index >= 15 is 0 Å². The Morgan fingerprint density at radius 3 is 1.41 bits per heavy atom. The van der Waals surface area contributed by atoms with E-state index in [9.17, 15) is 8.78 Å². The number of hydrogen-bond donors (Lipinski definition) is 0. The van der Waals surface area contributed by atoms with Gasteiger partial charge in [0.2, 0.25) is 0 Å². The maximum atomic E-state index is 14.2. The molecule has 0 amide bonds. The van der Waals surface area contributed by atoms with Crippen LogP contribution >= 0.6 is 0 Å². The highest BCUT2D eigenvalue weighted by Crippen LogP contribution is 2.45. The third-order valence-electron chi connectivity index (χ3n) is 10.6. The molecule has 0 aliphatic heterocycles. The highest BCUT2D eigenvalue weighted by molar-refractivity contribution is 6.14. The van der Waals surface area contributed by atoms with Crippen molar-refractivity contribution in [2.24, 2.45) is 0 Å². The molecule has 4 nitrogen and oxygen atoms in total. The summed E-state index contributed by atoms with van der Waals surface area (Å²) >= 11 is 0. The molecule has 0 fully saturated rings. The van der Waals surface area contributed by atoms with Crippen LogP contribution in [-0.4, -0.2) is 9.13 Å². The molecule has 0 saturated heterocycles. The fraction of sp³-hybridized carbons (Fsp3) is 0. The minimum Gasteiger partial charge on any atom is -0.454 e. The smallest absolute Gasteiger partial charge is 0.159 e. The summed E-state index contributed by atoms with van der Waals surface area (Å²) in [5.74, 6) is -0.558. The van der Waals surface area contributed by atoms with Gasteiger partial charge in [0.1, 0.15) is 17.2 Å². The van der Waals surface area contributed by atoms with Gasteiger partial charge in [0, 0.05) is 55.1 Å². The van der Waals surface area contributed by atoms with E-state index in [2.05, 4.69) is 111 Å². The van der Waals surface area contributed by atoms with Crippen molar-refractivity contribution in [1.29, 1.82) is 0 Å². The highest BCUT2D eigenvalue weighted by Gasteiger charge is 2.23. The fourth-order valence-corrected chi connectivity index (χ4v) is 8.27. The topological polar surface area (TPSA) is 26.2 Å². The monoisotopic (exact) mass is 701 g/mol. The predicted molar refractivity (Wildman–Crippen MR) is 217 cm³/mol. The van der Waals surface area contributed by atoms with Gasteiger partial charge >= 0.3 is 0 Å². The van der Waals surface area contributed by atoms with E-state index in [1.54, 1.807) is 0 Å². The fourth-order valence-electron chi connectivity index (χ4n) is 8.27. The normalized spacial score (nSPS) is 11.9. The Bertz CT molecular complexity index is 3080. The van der Waals surface area contributed by atoms with Crippen LogP contribution in [-0.2, 0) is 0 Å². The quantitative estimate of drug-likeness (QED) is 0.179. The zero-order valence-corrected chi connectivity index (χ0v) is 28.7. The summed E-state index contributed by atoms with van der Waals surface area (Å²) in [5, 5.41) is 6.48. The summed E-state index contributed by atoms with van der Waals surface area (Å²) in [6.45, 7) is 0. The van der Waals surface area contributed by atoms with E-state index in [0.29, 0.717) is 0 Å². The summed E-state index contributed by atoms with van der Waals surface area (Å²) in [6, 6.07) is 57.4. The molecule has 0 bridgehead atoms. The Morgan fingerprint density at radius 1 is 0.389 bits per heavy atom. The van der Waals surface area contributed by atoms with Crippen LogP contribution in [0.4, 0.5) is 25.8 Å². The maximum absolute atomic E-state index is 14.2. The number of benzene rings is 8. The Labute approximate surface area is 307 Å². The number of aromatic nitrogens is 2. The number of anilines is 3. The number of nitrogens with zero attached hydrogens (tertiary/aromatic N) is 3. The molecule has 11 aromatic rings. The first kappa shape index (κ1) is 30.4. The van der Waals surface area contributed by atoms with E-state index in [4.69, 9.17) is 4.42 Å². The SMILES string of the molecule is Fc1ccc(-n2c3ccccc3c3ccc(N(c4ccc5c6ccccc6n(-c6ccc(F)cc6)c5c4)c4cccc5c4oc4ccccc45)cc32)cc1. The van der Waals surface area contributed by atoms with Crippen molar-refractivity contribution in [3.05, 3.63) is 188 Å². The molecule has 0 unspecified atom stereocenters. The first-order valence-corrected chi connectivity index (χ1v) is 17.9. The van der Waals surface area contributed by atoms with E-state index in [1.807, 2.05) is 54.6 Å². The first-order valence-electron chi connectivity index (χ1n) is 17.9. The zero-order valence-electron chi connectivity index (χ0n) is 28.7. The molecule has 0 aliphatic carbocycles. The number of rotatable bonds is 5. The molecule has 3 heterocycles. The molecule has 0 saturated carbocycles. The summed E-state index contributed by atoms with van der Waals surface area (Å²) in [5.41, 5.74) is 10.1. The molecular formula is C48H29F2N3O. The van der Waals surface area contributed by atoms with Crippen LogP contribution in [0.3, 0.4) is 0 Å². The van der Waals surface area contributed by atoms with Crippen LogP contribution in [0, 0.1) is 11.6 Å². The number of para-hydroxylation sites is 4. The molecule has 0 N–H and O–H groups in total. The van der Waals surface area contributed by atoms with Crippen LogP contribution in [0.5, 0.6) is 0 Å². The van der Waals surface area contributed by atoms with Crippen molar-refractivity contribution in [3.63, 3.8) is 0 Å². The number of halogens is 2. The summed E-state index contributed by atoms with van der Waals surface area (Å²) < 4.78 is 39.5. The van der Waals surface area contributed by atoms with Gasteiger partial charge in [-0.05, 0) is 97.1 Å². The lowest BCUT2D eigenvalue weighted by atomic mass is 10.1. The Balaban J connectivity index is 1.22. The molecule has 6 heteroatoms. The second-order valence-electron chi connectivity index (χ2n) is 13.6. The van der Waals surface area contributed by atoms with Gasteiger partial charge in [-0.1, -0.05) is 78.9 Å². The van der Waals surface area contributed by atoms with E-state index < -0.39 is 0 Å². The molecule has 3 aromatic heterocycles. The van der Waals surface area contributed by atoms with Crippen molar-refractivity contribution < 1.29 is 13.2 Å². The maximum Gasteiger partial charge on any atom is 0.159 e. The van der Waals surface area contributed by atoms with Gasteiger partial charge < -0.3 is 18.5 Å². The molecule has 0 atom stereocenters. The molecular weight excluding hydrogens is 673 g/mol. The Hall–Kier alpha value is -7.18. The second kappa shape index (κ2) is 11.7. The molecule has 0 aliphatic rings. The van der Waals surface area contributed by atoms with Gasteiger partial charge in [-0.3, -0.25) is 0 Å². The third-order valence-corrected chi connectivity index (χ3v) is 10.6. The van der Waals surface area contributed by atoms with Crippen LogP contribution in [0.2, 0.25) is 0 Å². The molecule has 0 spiro atoms.